The van der Waals surface area contributed by atoms with Gasteiger partial charge in [-0.15, -0.1) is 0 Å². The monoisotopic (exact) mass is 258 g/mol. The van der Waals surface area contributed by atoms with Crippen molar-refractivity contribution in [2.24, 2.45) is 0 Å². The van der Waals surface area contributed by atoms with Crippen molar-refractivity contribution in [3.8, 4) is 0 Å². The predicted octanol–water partition coefficient (Wildman–Crippen LogP) is 1.99. The van der Waals surface area contributed by atoms with Crippen LogP contribution in [0.5, 0.6) is 0 Å². The largest absolute Gasteiger partial charge is 0.316 e. The highest BCUT2D eigenvalue weighted by atomic mass is 14.8. The minimum absolute atomic E-state index is 0.919. The summed E-state index contributed by atoms with van der Waals surface area (Å²) in [6.07, 6.45) is 7.26. The Kier molecular flexibility index (Phi) is 8.18. The molecule has 0 atom stereocenters. The van der Waals surface area contributed by atoms with E-state index in [1.54, 1.807) is 18.6 Å². The van der Waals surface area contributed by atoms with Gasteiger partial charge in [0.15, 0.2) is 0 Å². The zero-order valence-corrected chi connectivity index (χ0v) is 11.6. The average Bonchev–Trinajstić information content (AvgIpc) is 2.48. The quantitative estimate of drug-likeness (QED) is 0.861. The molecule has 2 heterocycles. The maximum Gasteiger partial charge on any atom is 0.0312 e. The van der Waals surface area contributed by atoms with E-state index in [1.165, 1.54) is 11.1 Å². The molecule has 0 aliphatic heterocycles. The summed E-state index contributed by atoms with van der Waals surface area (Å²) >= 11 is 0. The molecule has 0 aromatic carbocycles. The van der Waals surface area contributed by atoms with Crippen LogP contribution in [0.15, 0.2) is 49.1 Å². The highest BCUT2D eigenvalue weighted by molar-refractivity contribution is 5.08. The van der Waals surface area contributed by atoms with Crippen LogP contribution < -0.4 is 10.6 Å². The molecule has 0 aliphatic rings. The lowest BCUT2D eigenvalue weighted by Crippen LogP contribution is -2.11. The fourth-order valence-electron chi connectivity index (χ4n) is 1.48. The third kappa shape index (κ3) is 7.28. The number of hydrogen-bond acceptors (Lipinski definition) is 4. The van der Waals surface area contributed by atoms with Gasteiger partial charge in [0.1, 0.15) is 0 Å². The van der Waals surface area contributed by atoms with Crippen molar-refractivity contribution in [3.63, 3.8) is 0 Å². The van der Waals surface area contributed by atoms with Gasteiger partial charge in [-0.2, -0.15) is 0 Å². The third-order valence-corrected chi connectivity index (χ3v) is 2.43. The van der Waals surface area contributed by atoms with Crippen molar-refractivity contribution in [2.75, 3.05) is 13.6 Å². The minimum Gasteiger partial charge on any atom is -0.316 e. The summed E-state index contributed by atoms with van der Waals surface area (Å²) in [5.74, 6) is 0. The van der Waals surface area contributed by atoms with Crippen molar-refractivity contribution in [1.29, 1.82) is 0 Å². The van der Waals surface area contributed by atoms with Crippen molar-refractivity contribution >= 4 is 0 Å². The van der Waals surface area contributed by atoms with E-state index >= 15 is 0 Å². The van der Waals surface area contributed by atoms with Crippen LogP contribution in [-0.4, -0.2) is 23.6 Å². The molecule has 4 nitrogen and oxygen atoms in total. The van der Waals surface area contributed by atoms with Gasteiger partial charge in [0, 0.05) is 37.9 Å². The minimum atomic E-state index is 0.919. The summed E-state index contributed by atoms with van der Waals surface area (Å²) in [6, 6.07) is 8.01. The number of hydrogen-bond donors (Lipinski definition) is 2. The van der Waals surface area contributed by atoms with Crippen molar-refractivity contribution < 1.29 is 0 Å². The zero-order valence-electron chi connectivity index (χ0n) is 11.6. The van der Waals surface area contributed by atoms with Crippen molar-refractivity contribution in [1.82, 2.24) is 20.6 Å². The van der Waals surface area contributed by atoms with Gasteiger partial charge < -0.3 is 10.6 Å². The second-order valence-corrected chi connectivity index (χ2v) is 4.03. The van der Waals surface area contributed by atoms with Gasteiger partial charge >= 0.3 is 0 Å². The van der Waals surface area contributed by atoms with E-state index in [1.807, 2.05) is 31.4 Å². The molecule has 0 bridgehead atoms. The first-order chi connectivity index (χ1) is 9.36. The predicted molar refractivity (Wildman–Crippen MR) is 78.6 cm³/mol. The zero-order chi connectivity index (χ0) is 13.8. The highest BCUT2D eigenvalue weighted by Crippen LogP contribution is 1.93. The molecule has 0 radical (unpaired) electrons. The molecule has 2 aromatic rings. The summed E-state index contributed by atoms with van der Waals surface area (Å²) < 4.78 is 0. The molecule has 0 saturated carbocycles. The lowest BCUT2D eigenvalue weighted by Gasteiger charge is -1.98. The topological polar surface area (TPSA) is 49.8 Å². The maximum atomic E-state index is 4.00. The Morgan fingerprint density at radius 1 is 0.947 bits per heavy atom. The summed E-state index contributed by atoms with van der Waals surface area (Å²) in [6.45, 7) is 4.94. The first kappa shape index (κ1) is 15.3. The Morgan fingerprint density at radius 2 is 1.74 bits per heavy atom. The number of rotatable bonds is 5. The number of pyridine rings is 2. The fraction of sp³-hybridized carbons (Fsp3) is 0.333. The fourth-order valence-corrected chi connectivity index (χ4v) is 1.48. The molecular weight excluding hydrogens is 236 g/mol. The van der Waals surface area contributed by atoms with Crippen LogP contribution in [-0.2, 0) is 13.1 Å². The Bertz CT molecular complexity index is 417. The summed E-state index contributed by atoms with van der Waals surface area (Å²) in [7, 11) is 1.93. The smallest absolute Gasteiger partial charge is 0.0312 e. The summed E-state index contributed by atoms with van der Waals surface area (Å²) in [5, 5.41) is 6.28. The normalized spacial score (nSPS) is 9.58. The van der Waals surface area contributed by atoms with E-state index in [0.717, 1.165) is 19.6 Å². The van der Waals surface area contributed by atoms with E-state index in [9.17, 15) is 0 Å². The Morgan fingerprint density at radius 3 is 2.32 bits per heavy atom. The van der Waals surface area contributed by atoms with E-state index in [2.05, 4.69) is 33.6 Å². The van der Waals surface area contributed by atoms with Gasteiger partial charge in [0.25, 0.3) is 0 Å². The van der Waals surface area contributed by atoms with Crippen LogP contribution in [0.25, 0.3) is 0 Å². The second kappa shape index (κ2) is 10.2. The standard InChI is InChI=1S/C8H12N2.C7H10N2/c1-2-9-6-8-4-3-5-10-7-8;1-8-6-7-2-4-9-5-3-7/h3-5,7,9H,2,6H2,1H3;2-5,8H,6H2,1H3. The molecule has 0 fully saturated rings. The van der Waals surface area contributed by atoms with Gasteiger partial charge in [-0.1, -0.05) is 13.0 Å². The lowest BCUT2D eigenvalue weighted by atomic mass is 10.3. The van der Waals surface area contributed by atoms with Crippen LogP contribution in [0.2, 0.25) is 0 Å². The Labute approximate surface area is 115 Å². The lowest BCUT2D eigenvalue weighted by molar-refractivity contribution is 0.724. The van der Waals surface area contributed by atoms with Crippen LogP contribution in [0.4, 0.5) is 0 Å². The van der Waals surface area contributed by atoms with Crippen LogP contribution in [0.1, 0.15) is 18.1 Å². The molecule has 0 aliphatic carbocycles. The molecule has 19 heavy (non-hydrogen) atoms. The Hall–Kier alpha value is -1.78. The average molecular weight is 258 g/mol. The van der Waals surface area contributed by atoms with Gasteiger partial charge in [0.05, 0.1) is 0 Å². The third-order valence-electron chi connectivity index (χ3n) is 2.43. The molecular formula is C15H22N4. The molecule has 0 unspecified atom stereocenters. The van der Waals surface area contributed by atoms with E-state index in [0.29, 0.717) is 0 Å². The molecule has 102 valence electrons. The molecule has 2 rings (SSSR count). The SMILES string of the molecule is CCNCc1cccnc1.CNCc1ccncc1. The molecule has 2 N–H and O–H groups in total. The molecule has 0 amide bonds. The van der Waals surface area contributed by atoms with E-state index in [4.69, 9.17) is 0 Å². The Balaban J connectivity index is 0.000000191. The van der Waals surface area contributed by atoms with Gasteiger partial charge in [-0.05, 0) is 42.9 Å². The van der Waals surface area contributed by atoms with Gasteiger partial charge in [0.2, 0.25) is 0 Å². The molecule has 2 aromatic heterocycles. The second-order valence-electron chi connectivity index (χ2n) is 4.03. The van der Waals surface area contributed by atoms with Crippen LogP contribution in [0.3, 0.4) is 0 Å². The number of nitrogens with zero attached hydrogens (tertiary/aromatic N) is 2. The van der Waals surface area contributed by atoms with Gasteiger partial charge in [-0.3, -0.25) is 9.97 Å². The molecule has 4 heteroatoms. The maximum absolute atomic E-state index is 4.00. The first-order valence-electron chi connectivity index (χ1n) is 6.50. The number of nitrogens with one attached hydrogen (secondary N) is 2. The number of aromatic nitrogens is 2. The first-order valence-corrected chi connectivity index (χ1v) is 6.50. The molecule has 0 spiro atoms. The summed E-state index contributed by atoms with van der Waals surface area (Å²) in [4.78, 5) is 7.90. The van der Waals surface area contributed by atoms with E-state index < -0.39 is 0 Å². The van der Waals surface area contributed by atoms with Crippen molar-refractivity contribution in [2.45, 2.75) is 20.0 Å². The highest BCUT2D eigenvalue weighted by Gasteiger charge is 1.87. The van der Waals surface area contributed by atoms with Crippen LogP contribution >= 0.6 is 0 Å². The van der Waals surface area contributed by atoms with Gasteiger partial charge in [-0.25, -0.2) is 0 Å². The van der Waals surface area contributed by atoms with Crippen LogP contribution in [0, 0.1) is 0 Å². The van der Waals surface area contributed by atoms with E-state index in [-0.39, 0.29) is 0 Å². The van der Waals surface area contributed by atoms with Crippen molar-refractivity contribution in [3.05, 3.63) is 60.2 Å². The molecule has 0 saturated heterocycles. The summed E-state index contributed by atoms with van der Waals surface area (Å²) in [5.41, 5.74) is 2.51.